The molecule has 5 rings (SSSR count). The van der Waals surface area contributed by atoms with Crippen molar-refractivity contribution in [2.45, 2.75) is 19.9 Å². The summed E-state index contributed by atoms with van der Waals surface area (Å²) in [5.41, 5.74) is 4.87. The van der Waals surface area contributed by atoms with Crippen LogP contribution in [0, 0.1) is 6.92 Å². The summed E-state index contributed by atoms with van der Waals surface area (Å²) in [7, 11) is 0. The Morgan fingerprint density at radius 3 is 2.29 bits per heavy atom. The molecular weight excluding hydrogens is 450 g/mol. The van der Waals surface area contributed by atoms with Crippen molar-refractivity contribution in [1.29, 1.82) is 0 Å². The van der Waals surface area contributed by atoms with Crippen molar-refractivity contribution >= 4 is 40.7 Å². The van der Waals surface area contributed by atoms with E-state index in [2.05, 4.69) is 17.4 Å². The summed E-state index contributed by atoms with van der Waals surface area (Å²) in [5, 5.41) is 2.79. The van der Waals surface area contributed by atoms with Crippen LogP contribution in [-0.4, -0.2) is 29.2 Å². The Balaban J connectivity index is 1.31. The summed E-state index contributed by atoms with van der Waals surface area (Å²) < 4.78 is 0. The minimum absolute atomic E-state index is 0.0154. The van der Waals surface area contributed by atoms with Gasteiger partial charge < -0.3 is 10.2 Å². The summed E-state index contributed by atoms with van der Waals surface area (Å²) in [5.74, 6) is -1.13. The number of rotatable bonds is 4. The van der Waals surface area contributed by atoms with Crippen molar-refractivity contribution in [2.75, 3.05) is 16.8 Å². The van der Waals surface area contributed by atoms with Gasteiger partial charge >= 0.3 is 0 Å². The van der Waals surface area contributed by atoms with Crippen LogP contribution in [0.2, 0.25) is 0 Å². The van der Waals surface area contributed by atoms with Crippen LogP contribution in [0.3, 0.4) is 0 Å². The van der Waals surface area contributed by atoms with Crippen LogP contribution in [0.5, 0.6) is 0 Å². The summed E-state index contributed by atoms with van der Waals surface area (Å²) >= 11 is 6.24. The highest BCUT2D eigenvalue weighted by molar-refractivity contribution is 6.53. The largest absolute Gasteiger partial charge is 0.350 e. The third-order valence-electron chi connectivity index (χ3n) is 6.20. The van der Waals surface area contributed by atoms with Crippen LogP contribution in [-0.2, 0) is 22.6 Å². The fourth-order valence-electron chi connectivity index (χ4n) is 4.34. The monoisotopic (exact) mass is 471 g/mol. The zero-order valence-electron chi connectivity index (χ0n) is 18.5. The van der Waals surface area contributed by atoms with Crippen LogP contribution < -0.4 is 10.2 Å². The maximum absolute atomic E-state index is 13.0. The van der Waals surface area contributed by atoms with Gasteiger partial charge in [0.2, 0.25) is 0 Å². The molecule has 0 saturated carbocycles. The minimum Gasteiger partial charge on any atom is -0.350 e. The highest BCUT2D eigenvalue weighted by Crippen LogP contribution is 2.32. The van der Waals surface area contributed by atoms with Gasteiger partial charge in [0.05, 0.1) is 5.69 Å². The number of halogens is 1. The third-order valence-corrected chi connectivity index (χ3v) is 6.55. The molecule has 7 heteroatoms. The van der Waals surface area contributed by atoms with Gasteiger partial charge in [0.25, 0.3) is 17.7 Å². The Morgan fingerprint density at radius 2 is 1.56 bits per heavy atom. The third kappa shape index (κ3) is 3.86. The van der Waals surface area contributed by atoms with E-state index in [0.29, 0.717) is 30.0 Å². The Morgan fingerprint density at radius 1 is 0.882 bits per heavy atom. The SMILES string of the molecule is Cc1ccccc1N1C(=O)C(Cl)=C(Nc2ccc(C(=O)N3CCc4ccccc4C3)cc2)C1=O. The van der Waals surface area contributed by atoms with E-state index in [1.54, 1.807) is 36.4 Å². The van der Waals surface area contributed by atoms with Gasteiger partial charge in [-0.3, -0.25) is 14.4 Å². The van der Waals surface area contributed by atoms with Gasteiger partial charge in [0, 0.05) is 24.3 Å². The normalized spacial score (nSPS) is 15.6. The topological polar surface area (TPSA) is 69.7 Å². The second-order valence-electron chi connectivity index (χ2n) is 8.37. The predicted molar refractivity (Wildman–Crippen MR) is 132 cm³/mol. The number of carbonyl (C=O) groups is 3. The van der Waals surface area contributed by atoms with E-state index in [-0.39, 0.29) is 16.6 Å². The molecular formula is C27H22ClN3O3. The molecule has 34 heavy (non-hydrogen) atoms. The number of aryl methyl sites for hydroxylation is 1. The van der Waals surface area contributed by atoms with Crippen molar-refractivity contribution in [3.8, 4) is 0 Å². The molecule has 0 aromatic heterocycles. The summed E-state index contributed by atoms with van der Waals surface area (Å²) in [6, 6.07) is 22.1. The molecule has 6 nitrogen and oxygen atoms in total. The Labute approximate surface area is 202 Å². The fraction of sp³-hybridized carbons (Fsp3) is 0.148. The van der Waals surface area contributed by atoms with E-state index in [1.165, 1.54) is 11.1 Å². The average molecular weight is 472 g/mol. The van der Waals surface area contributed by atoms with Gasteiger partial charge in [0.1, 0.15) is 10.7 Å². The molecule has 2 aliphatic heterocycles. The number of benzene rings is 3. The molecule has 3 aromatic rings. The van der Waals surface area contributed by atoms with Gasteiger partial charge in [-0.15, -0.1) is 0 Å². The minimum atomic E-state index is -0.569. The first-order valence-corrected chi connectivity index (χ1v) is 11.4. The number of carbonyl (C=O) groups excluding carboxylic acids is 3. The molecule has 3 aromatic carbocycles. The quantitative estimate of drug-likeness (QED) is 0.563. The number of amides is 3. The highest BCUT2D eigenvalue weighted by Gasteiger charge is 2.39. The number of para-hydroxylation sites is 1. The van der Waals surface area contributed by atoms with E-state index >= 15 is 0 Å². The summed E-state index contributed by atoms with van der Waals surface area (Å²) in [4.78, 5) is 41.6. The van der Waals surface area contributed by atoms with Gasteiger partial charge in [-0.2, -0.15) is 0 Å². The number of anilines is 2. The zero-order valence-corrected chi connectivity index (χ0v) is 19.3. The molecule has 0 fully saturated rings. The van der Waals surface area contributed by atoms with Crippen LogP contribution in [0.1, 0.15) is 27.0 Å². The molecule has 3 amide bonds. The summed E-state index contributed by atoms with van der Waals surface area (Å²) in [6.07, 6.45) is 0.835. The van der Waals surface area contributed by atoms with E-state index in [4.69, 9.17) is 11.6 Å². The van der Waals surface area contributed by atoms with Gasteiger partial charge in [0.15, 0.2) is 0 Å². The van der Waals surface area contributed by atoms with Crippen molar-refractivity contribution in [1.82, 2.24) is 4.90 Å². The van der Waals surface area contributed by atoms with Crippen LogP contribution in [0.4, 0.5) is 11.4 Å². The first-order valence-electron chi connectivity index (χ1n) is 11.0. The number of nitrogens with one attached hydrogen (secondary N) is 1. The van der Waals surface area contributed by atoms with Crippen molar-refractivity contribution in [3.63, 3.8) is 0 Å². The van der Waals surface area contributed by atoms with Gasteiger partial charge in [-0.25, -0.2) is 4.90 Å². The second kappa shape index (κ2) is 8.80. The van der Waals surface area contributed by atoms with Crippen molar-refractivity contribution < 1.29 is 14.4 Å². The second-order valence-corrected chi connectivity index (χ2v) is 8.75. The number of hydrogen-bond donors (Lipinski definition) is 1. The summed E-state index contributed by atoms with van der Waals surface area (Å²) in [6.45, 7) is 3.08. The molecule has 0 saturated heterocycles. The molecule has 2 aliphatic rings. The number of nitrogens with zero attached hydrogens (tertiary/aromatic N) is 2. The highest BCUT2D eigenvalue weighted by atomic mass is 35.5. The van der Waals surface area contributed by atoms with E-state index < -0.39 is 11.8 Å². The lowest BCUT2D eigenvalue weighted by Crippen LogP contribution is -2.35. The van der Waals surface area contributed by atoms with Crippen LogP contribution >= 0.6 is 11.6 Å². The van der Waals surface area contributed by atoms with E-state index in [0.717, 1.165) is 16.9 Å². The lowest BCUT2D eigenvalue weighted by atomic mass is 9.99. The zero-order chi connectivity index (χ0) is 23.8. The molecule has 0 unspecified atom stereocenters. The molecule has 0 bridgehead atoms. The van der Waals surface area contributed by atoms with Gasteiger partial charge in [-0.05, 0) is 60.4 Å². The van der Waals surface area contributed by atoms with Crippen molar-refractivity contribution in [2.24, 2.45) is 0 Å². The van der Waals surface area contributed by atoms with Crippen LogP contribution in [0.15, 0.2) is 83.5 Å². The Kier molecular flexibility index (Phi) is 5.67. The Hall–Kier alpha value is -3.90. The molecule has 170 valence electrons. The molecule has 0 aliphatic carbocycles. The van der Waals surface area contributed by atoms with Crippen molar-refractivity contribution in [3.05, 3.63) is 106 Å². The molecule has 0 atom stereocenters. The van der Waals surface area contributed by atoms with Gasteiger partial charge in [-0.1, -0.05) is 54.1 Å². The molecule has 1 N–H and O–H groups in total. The lowest BCUT2D eigenvalue weighted by Gasteiger charge is -2.29. The predicted octanol–water partition coefficient (Wildman–Crippen LogP) is 4.63. The van der Waals surface area contributed by atoms with E-state index in [9.17, 15) is 14.4 Å². The molecule has 0 spiro atoms. The molecule has 0 radical (unpaired) electrons. The van der Waals surface area contributed by atoms with Crippen LogP contribution in [0.25, 0.3) is 0 Å². The molecule has 2 heterocycles. The Bertz CT molecular complexity index is 1350. The van der Waals surface area contributed by atoms with E-state index in [1.807, 2.05) is 36.1 Å². The smallest absolute Gasteiger partial charge is 0.283 e. The lowest BCUT2D eigenvalue weighted by molar-refractivity contribution is -0.120. The first-order chi connectivity index (χ1) is 16.4. The maximum Gasteiger partial charge on any atom is 0.283 e. The first kappa shape index (κ1) is 21.9. The standard InChI is InChI=1S/C27H22ClN3O3/c1-17-6-2-5-9-22(17)31-26(33)23(28)24(27(31)34)29-21-12-10-19(11-13-21)25(32)30-15-14-18-7-3-4-8-20(18)16-30/h2-13,29H,14-16H2,1H3. The number of imide groups is 1. The number of fused-ring (bicyclic) bond motifs is 1. The maximum atomic E-state index is 13.0. The number of hydrogen-bond acceptors (Lipinski definition) is 4. The fourth-order valence-corrected chi connectivity index (χ4v) is 4.55. The average Bonchev–Trinajstić information content (AvgIpc) is 3.07.